The van der Waals surface area contributed by atoms with Crippen LogP contribution in [0.2, 0.25) is 0 Å². The summed E-state index contributed by atoms with van der Waals surface area (Å²) < 4.78 is 16.6. The van der Waals surface area contributed by atoms with Crippen LogP contribution in [0.25, 0.3) is 16.7 Å². The normalized spacial score (nSPS) is 11.3. The van der Waals surface area contributed by atoms with Gasteiger partial charge in [-0.2, -0.15) is 0 Å². The van der Waals surface area contributed by atoms with E-state index in [2.05, 4.69) is 20.9 Å². The van der Waals surface area contributed by atoms with E-state index in [1.165, 1.54) is 6.07 Å². The number of aromatic nitrogens is 2. The first kappa shape index (κ1) is 14.1. The van der Waals surface area contributed by atoms with E-state index in [0.717, 1.165) is 26.8 Å². The van der Waals surface area contributed by atoms with E-state index in [-0.39, 0.29) is 5.82 Å². The zero-order chi connectivity index (χ0) is 15.3. The minimum atomic E-state index is -0.268. The van der Waals surface area contributed by atoms with Crippen molar-refractivity contribution >= 4 is 32.9 Å². The predicted molar refractivity (Wildman–Crippen MR) is 87.4 cm³/mol. The summed E-state index contributed by atoms with van der Waals surface area (Å²) in [6.45, 7) is 5.79. The zero-order valence-electron chi connectivity index (χ0n) is 12.0. The molecule has 0 fully saturated rings. The van der Waals surface area contributed by atoms with Crippen molar-refractivity contribution in [2.45, 2.75) is 20.8 Å². The van der Waals surface area contributed by atoms with Gasteiger partial charge in [-0.05, 0) is 55.7 Å². The molecule has 0 bridgehead atoms. The van der Waals surface area contributed by atoms with E-state index >= 15 is 0 Å². The molecule has 3 nitrogen and oxygen atoms in total. The lowest BCUT2D eigenvalue weighted by Gasteiger charge is -2.11. The summed E-state index contributed by atoms with van der Waals surface area (Å²) in [5.74, 6) is 0.0893. The van der Waals surface area contributed by atoms with Crippen LogP contribution < -0.4 is 5.73 Å². The average Bonchev–Trinajstić information content (AvgIpc) is 2.71. The zero-order valence-corrected chi connectivity index (χ0v) is 13.6. The van der Waals surface area contributed by atoms with Crippen molar-refractivity contribution in [1.82, 2.24) is 9.55 Å². The highest BCUT2D eigenvalue weighted by atomic mass is 79.9. The number of imidazole rings is 1. The molecule has 2 aromatic carbocycles. The lowest BCUT2D eigenvalue weighted by Crippen LogP contribution is -2.02. The maximum absolute atomic E-state index is 13.7. The van der Waals surface area contributed by atoms with Gasteiger partial charge in [0, 0.05) is 16.2 Å². The number of hydrogen-bond acceptors (Lipinski definition) is 2. The second-order valence-electron chi connectivity index (χ2n) is 5.29. The fourth-order valence-corrected chi connectivity index (χ4v) is 2.77. The van der Waals surface area contributed by atoms with Gasteiger partial charge in [0.1, 0.15) is 5.82 Å². The van der Waals surface area contributed by atoms with Gasteiger partial charge < -0.3 is 5.73 Å². The third-order valence-corrected chi connectivity index (χ3v) is 4.89. The third kappa shape index (κ3) is 2.21. The van der Waals surface area contributed by atoms with Gasteiger partial charge in [0.25, 0.3) is 0 Å². The van der Waals surface area contributed by atoms with Crippen LogP contribution in [0.4, 0.5) is 10.3 Å². The van der Waals surface area contributed by atoms with E-state index in [1.54, 1.807) is 13.0 Å². The van der Waals surface area contributed by atoms with E-state index < -0.39 is 0 Å². The molecule has 5 heteroatoms. The van der Waals surface area contributed by atoms with Gasteiger partial charge in [-0.3, -0.25) is 4.57 Å². The fourth-order valence-electron chi connectivity index (χ4n) is 2.54. The number of nitrogen functional groups attached to an aromatic ring is 1. The van der Waals surface area contributed by atoms with Gasteiger partial charge in [0.15, 0.2) is 0 Å². The van der Waals surface area contributed by atoms with Gasteiger partial charge in [-0.25, -0.2) is 9.37 Å². The molecule has 0 aliphatic rings. The summed E-state index contributed by atoms with van der Waals surface area (Å²) in [5, 5.41) is 0. The number of fused-ring (bicyclic) bond motifs is 1. The third-order valence-electron chi connectivity index (χ3n) is 3.64. The van der Waals surface area contributed by atoms with E-state index in [0.29, 0.717) is 17.0 Å². The molecule has 0 amide bonds. The summed E-state index contributed by atoms with van der Waals surface area (Å²) in [7, 11) is 0. The fraction of sp³-hybridized carbons (Fsp3) is 0.188. The van der Waals surface area contributed by atoms with Crippen LogP contribution >= 0.6 is 15.9 Å². The molecular weight excluding hydrogens is 333 g/mol. The maximum atomic E-state index is 13.7. The second kappa shape index (κ2) is 4.84. The molecule has 0 unspecified atom stereocenters. The molecular formula is C16H15BrFN3. The minimum absolute atomic E-state index is 0.268. The molecule has 0 atom stereocenters. The topological polar surface area (TPSA) is 43.8 Å². The molecule has 0 aliphatic carbocycles. The van der Waals surface area contributed by atoms with Crippen molar-refractivity contribution in [1.29, 1.82) is 0 Å². The van der Waals surface area contributed by atoms with E-state index in [9.17, 15) is 4.39 Å². The molecule has 0 aliphatic heterocycles. The molecule has 3 rings (SSSR count). The summed E-state index contributed by atoms with van der Waals surface area (Å²) in [5.41, 5.74) is 11.2. The Balaban J connectivity index is 2.34. The number of rotatable bonds is 1. The van der Waals surface area contributed by atoms with Crippen LogP contribution in [-0.4, -0.2) is 9.55 Å². The lowest BCUT2D eigenvalue weighted by atomic mass is 10.1. The van der Waals surface area contributed by atoms with Crippen LogP contribution in [-0.2, 0) is 0 Å². The summed E-state index contributed by atoms with van der Waals surface area (Å²) >= 11 is 3.56. The van der Waals surface area contributed by atoms with E-state index in [4.69, 9.17) is 5.73 Å². The monoisotopic (exact) mass is 347 g/mol. The molecule has 1 aromatic heterocycles. The molecule has 0 radical (unpaired) electrons. The Morgan fingerprint density at radius 3 is 2.29 bits per heavy atom. The van der Waals surface area contributed by atoms with Gasteiger partial charge in [0.2, 0.25) is 5.95 Å². The van der Waals surface area contributed by atoms with Gasteiger partial charge in [0.05, 0.1) is 11.0 Å². The maximum Gasteiger partial charge on any atom is 0.205 e. The van der Waals surface area contributed by atoms with Crippen molar-refractivity contribution in [3.05, 3.63) is 51.2 Å². The van der Waals surface area contributed by atoms with Gasteiger partial charge >= 0.3 is 0 Å². The van der Waals surface area contributed by atoms with Crippen molar-refractivity contribution < 1.29 is 4.39 Å². The molecule has 108 valence electrons. The Morgan fingerprint density at radius 2 is 1.67 bits per heavy atom. The molecule has 21 heavy (non-hydrogen) atoms. The Morgan fingerprint density at radius 1 is 1.05 bits per heavy atom. The standard InChI is InChI=1S/C16H15BrFN3/c1-8-6-14-13(7-12(8)18)20-16(19)21(14)11-4-9(2)15(17)10(3)5-11/h4-7H,1-3H3,(H2,19,20). The van der Waals surface area contributed by atoms with Crippen LogP contribution in [0, 0.1) is 26.6 Å². The van der Waals surface area contributed by atoms with Crippen molar-refractivity contribution in [2.75, 3.05) is 5.73 Å². The summed E-state index contributed by atoms with van der Waals surface area (Å²) in [6.07, 6.45) is 0. The number of anilines is 1. The Bertz CT molecular complexity index is 845. The van der Waals surface area contributed by atoms with Crippen LogP contribution in [0.1, 0.15) is 16.7 Å². The summed E-state index contributed by atoms with van der Waals surface area (Å²) in [6, 6.07) is 7.28. The lowest BCUT2D eigenvalue weighted by molar-refractivity contribution is 0.620. The van der Waals surface area contributed by atoms with Crippen LogP contribution in [0.5, 0.6) is 0 Å². The first-order valence-electron chi connectivity index (χ1n) is 6.59. The summed E-state index contributed by atoms with van der Waals surface area (Å²) in [4.78, 5) is 4.26. The number of aryl methyl sites for hydroxylation is 3. The highest BCUT2D eigenvalue weighted by Gasteiger charge is 2.14. The molecule has 2 N–H and O–H groups in total. The van der Waals surface area contributed by atoms with Crippen LogP contribution in [0.15, 0.2) is 28.7 Å². The molecule has 0 saturated heterocycles. The smallest absolute Gasteiger partial charge is 0.205 e. The average molecular weight is 348 g/mol. The number of hydrogen-bond donors (Lipinski definition) is 1. The van der Waals surface area contributed by atoms with Crippen molar-refractivity contribution in [3.8, 4) is 5.69 Å². The Hall–Kier alpha value is -1.88. The predicted octanol–water partition coefficient (Wildman–Crippen LogP) is 4.43. The Labute approximate surface area is 130 Å². The first-order chi connectivity index (χ1) is 9.88. The number of halogens is 2. The van der Waals surface area contributed by atoms with Crippen molar-refractivity contribution in [2.24, 2.45) is 0 Å². The highest BCUT2D eigenvalue weighted by Crippen LogP contribution is 2.29. The van der Waals surface area contributed by atoms with Crippen molar-refractivity contribution in [3.63, 3.8) is 0 Å². The number of benzene rings is 2. The van der Waals surface area contributed by atoms with Gasteiger partial charge in [-0.15, -0.1) is 0 Å². The Kier molecular flexibility index (Phi) is 3.24. The molecule has 0 saturated carbocycles. The minimum Gasteiger partial charge on any atom is -0.369 e. The first-order valence-corrected chi connectivity index (χ1v) is 7.39. The molecule has 0 spiro atoms. The van der Waals surface area contributed by atoms with Crippen LogP contribution in [0.3, 0.4) is 0 Å². The molecule has 1 heterocycles. The second-order valence-corrected chi connectivity index (χ2v) is 6.08. The number of nitrogens with zero attached hydrogens (tertiary/aromatic N) is 2. The number of nitrogens with two attached hydrogens (primary N) is 1. The quantitative estimate of drug-likeness (QED) is 0.707. The SMILES string of the molecule is Cc1cc2c(cc1F)nc(N)n2-c1cc(C)c(Br)c(C)c1. The molecule has 3 aromatic rings. The van der Waals surface area contributed by atoms with E-state index in [1.807, 2.05) is 30.5 Å². The van der Waals surface area contributed by atoms with Gasteiger partial charge in [-0.1, -0.05) is 15.9 Å². The largest absolute Gasteiger partial charge is 0.369 e. The highest BCUT2D eigenvalue weighted by molar-refractivity contribution is 9.10.